The second-order valence-electron chi connectivity index (χ2n) is 4.06. The van der Waals surface area contributed by atoms with Crippen molar-refractivity contribution in [1.82, 2.24) is 0 Å². The first-order valence-electron chi connectivity index (χ1n) is 5.92. The second-order valence-corrected chi connectivity index (χ2v) is 4.92. The van der Waals surface area contributed by atoms with Crippen LogP contribution in [-0.2, 0) is 0 Å². The van der Waals surface area contributed by atoms with Crippen molar-refractivity contribution in [2.45, 2.75) is 0 Å². The zero-order valence-corrected chi connectivity index (χ0v) is 12.4. The SMILES string of the molecule is COc1ccc(C(=O)C=Cc2ccccc2Br)c(F)c1. The lowest BCUT2D eigenvalue weighted by atomic mass is 10.1. The van der Waals surface area contributed by atoms with E-state index in [0.29, 0.717) is 5.75 Å². The summed E-state index contributed by atoms with van der Waals surface area (Å²) < 4.78 is 19.5. The highest BCUT2D eigenvalue weighted by Gasteiger charge is 2.10. The van der Waals surface area contributed by atoms with Gasteiger partial charge in [-0.2, -0.15) is 0 Å². The van der Waals surface area contributed by atoms with Gasteiger partial charge in [0.05, 0.1) is 12.7 Å². The summed E-state index contributed by atoms with van der Waals surface area (Å²) in [5.74, 6) is -0.596. The standard InChI is InChI=1S/C16H12BrFO2/c1-20-12-7-8-13(15(18)10-12)16(19)9-6-11-4-2-3-5-14(11)17/h2-10H,1H3. The minimum atomic E-state index is -0.592. The molecule has 0 N–H and O–H groups in total. The van der Waals surface area contributed by atoms with Crippen molar-refractivity contribution < 1.29 is 13.9 Å². The second kappa shape index (κ2) is 6.48. The maximum absolute atomic E-state index is 13.7. The van der Waals surface area contributed by atoms with E-state index in [0.717, 1.165) is 10.0 Å². The molecule has 2 aromatic rings. The van der Waals surface area contributed by atoms with Crippen molar-refractivity contribution >= 4 is 27.8 Å². The van der Waals surface area contributed by atoms with Crippen LogP contribution in [0.3, 0.4) is 0 Å². The molecule has 2 rings (SSSR count). The van der Waals surface area contributed by atoms with Crippen LogP contribution in [-0.4, -0.2) is 12.9 Å². The van der Waals surface area contributed by atoms with Crippen LogP contribution in [0.15, 0.2) is 53.0 Å². The number of methoxy groups -OCH3 is 1. The Morgan fingerprint density at radius 2 is 2.00 bits per heavy atom. The first-order valence-corrected chi connectivity index (χ1v) is 6.71. The molecule has 0 unspecified atom stereocenters. The maximum Gasteiger partial charge on any atom is 0.188 e. The van der Waals surface area contributed by atoms with Crippen molar-refractivity contribution in [3.63, 3.8) is 0 Å². The Balaban J connectivity index is 2.22. The van der Waals surface area contributed by atoms with Gasteiger partial charge in [-0.15, -0.1) is 0 Å². The third-order valence-corrected chi connectivity index (χ3v) is 3.48. The van der Waals surface area contributed by atoms with Crippen LogP contribution in [0, 0.1) is 5.82 Å². The van der Waals surface area contributed by atoms with Crippen molar-refractivity contribution in [1.29, 1.82) is 0 Å². The van der Waals surface area contributed by atoms with Gasteiger partial charge in [-0.05, 0) is 35.9 Å². The Morgan fingerprint density at radius 3 is 2.65 bits per heavy atom. The topological polar surface area (TPSA) is 26.3 Å². The van der Waals surface area contributed by atoms with E-state index >= 15 is 0 Å². The van der Waals surface area contributed by atoms with Gasteiger partial charge in [-0.25, -0.2) is 4.39 Å². The van der Waals surface area contributed by atoms with Gasteiger partial charge in [0.1, 0.15) is 11.6 Å². The molecule has 0 radical (unpaired) electrons. The van der Waals surface area contributed by atoms with Gasteiger partial charge < -0.3 is 4.74 Å². The summed E-state index contributed by atoms with van der Waals surface area (Å²) in [5, 5.41) is 0. The van der Waals surface area contributed by atoms with Gasteiger partial charge in [-0.1, -0.05) is 34.1 Å². The van der Waals surface area contributed by atoms with Crippen molar-refractivity contribution in [3.8, 4) is 5.75 Å². The largest absolute Gasteiger partial charge is 0.497 e. The van der Waals surface area contributed by atoms with E-state index in [2.05, 4.69) is 15.9 Å². The summed E-state index contributed by atoms with van der Waals surface area (Å²) in [7, 11) is 1.45. The number of rotatable bonds is 4. The minimum absolute atomic E-state index is 0.0223. The zero-order valence-electron chi connectivity index (χ0n) is 10.8. The van der Waals surface area contributed by atoms with E-state index in [9.17, 15) is 9.18 Å². The highest BCUT2D eigenvalue weighted by Crippen LogP contribution is 2.19. The van der Waals surface area contributed by atoms with E-state index < -0.39 is 5.82 Å². The van der Waals surface area contributed by atoms with Gasteiger partial charge in [0.15, 0.2) is 5.78 Å². The lowest BCUT2D eigenvalue weighted by molar-refractivity contribution is 0.104. The molecule has 0 bridgehead atoms. The van der Waals surface area contributed by atoms with E-state index in [1.54, 1.807) is 12.1 Å². The van der Waals surface area contributed by atoms with Crippen molar-refractivity contribution in [2.24, 2.45) is 0 Å². The first-order chi connectivity index (χ1) is 9.61. The molecule has 0 aliphatic heterocycles. The van der Waals surface area contributed by atoms with Gasteiger partial charge >= 0.3 is 0 Å². The smallest absolute Gasteiger partial charge is 0.188 e. The van der Waals surface area contributed by atoms with Crippen LogP contribution in [0.2, 0.25) is 0 Å². The number of ketones is 1. The van der Waals surface area contributed by atoms with Gasteiger partial charge in [0.2, 0.25) is 0 Å². The quantitative estimate of drug-likeness (QED) is 0.608. The van der Waals surface area contributed by atoms with E-state index in [-0.39, 0.29) is 11.3 Å². The Labute approximate surface area is 125 Å². The average Bonchev–Trinajstić information content (AvgIpc) is 2.46. The number of halogens is 2. The van der Waals surface area contributed by atoms with E-state index in [1.807, 2.05) is 24.3 Å². The average molecular weight is 335 g/mol. The minimum Gasteiger partial charge on any atom is -0.497 e. The van der Waals surface area contributed by atoms with Gasteiger partial charge in [-0.3, -0.25) is 4.79 Å². The third-order valence-electron chi connectivity index (χ3n) is 2.76. The number of hydrogen-bond acceptors (Lipinski definition) is 2. The Bertz CT molecular complexity index is 665. The molecule has 2 nitrogen and oxygen atoms in total. The van der Waals surface area contributed by atoms with Crippen LogP contribution in [0.1, 0.15) is 15.9 Å². The molecule has 0 saturated heterocycles. The lowest BCUT2D eigenvalue weighted by Gasteiger charge is -2.02. The molecule has 4 heteroatoms. The molecule has 0 spiro atoms. The molecule has 102 valence electrons. The summed E-state index contributed by atoms with van der Waals surface area (Å²) in [6, 6.07) is 11.6. The molecule has 0 aromatic heterocycles. The normalized spacial score (nSPS) is 10.8. The molecule has 2 aromatic carbocycles. The molecule has 0 atom stereocenters. The van der Waals surface area contributed by atoms with Crippen molar-refractivity contribution in [2.75, 3.05) is 7.11 Å². The summed E-state index contributed by atoms with van der Waals surface area (Å²) >= 11 is 3.38. The fraction of sp³-hybridized carbons (Fsp3) is 0.0625. The van der Waals surface area contributed by atoms with Gasteiger partial charge in [0.25, 0.3) is 0 Å². The number of carbonyl (C=O) groups excluding carboxylic acids is 1. The Kier molecular flexibility index (Phi) is 4.69. The van der Waals surface area contributed by atoms with E-state index in [4.69, 9.17) is 4.74 Å². The molecule has 0 heterocycles. The molecule has 0 aliphatic carbocycles. The fourth-order valence-corrected chi connectivity index (χ4v) is 2.11. The van der Waals surface area contributed by atoms with Crippen LogP contribution in [0.25, 0.3) is 6.08 Å². The molecule has 0 amide bonds. The predicted molar refractivity (Wildman–Crippen MR) is 80.5 cm³/mol. The van der Waals surface area contributed by atoms with Gasteiger partial charge in [0, 0.05) is 10.5 Å². The summed E-state index contributed by atoms with van der Waals surface area (Å²) in [6.45, 7) is 0. The van der Waals surface area contributed by atoms with Crippen LogP contribution < -0.4 is 4.74 Å². The molecule has 20 heavy (non-hydrogen) atoms. The predicted octanol–water partition coefficient (Wildman–Crippen LogP) is 4.49. The molecular formula is C16H12BrFO2. The Hall–Kier alpha value is -1.94. The monoisotopic (exact) mass is 334 g/mol. The van der Waals surface area contributed by atoms with E-state index in [1.165, 1.54) is 25.3 Å². The number of carbonyl (C=O) groups is 1. The lowest BCUT2D eigenvalue weighted by Crippen LogP contribution is -1.99. The van der Waals surface area contributed by atoms with Crippen LogP contribution in [0.5, 0.6) is 5.75 Å². The highest BCUT2D eigenvalue weighted by atomic mass is 79.9. The van der Waals surface area contributed by atoms with Crippen LogP contribution in [0.4, 0.5) is 4.39 Å². The third kappa shape index (κ3) is 3.33. The fourth-order valence-electron chi connectivity index (χ4n) is 1.69. The molecular weight excluding hydrogens is 323 g/mol. The highest BCUT2D eigenvalue weighted by molar-refractivity contribution is 9.10. The first kappa shape index (κ1) is 14.5. The molecule has 0 saturated carbocycles. The summed E-state index contributed by atoms with van der Waals surface area (Å²) in [4.78, 5) is 12.0. The maximum atomic E-state index is 13.7. The summed E-state index contributed by atoms with van der Waals surface area (Å²) in [5.41, 5.74) is 0.879. The number of allylic oxidation sites excluding steroid dienone is 1. The summed E-state index contributed by atoms with van der Waals surface area (Å²) in [6.07, 6.45) is 3.00. The number of ether oxygens (including phenoxy) is 1. The Morgan fingerprint density at radius 1 is 1.25 bits per heavy atom. The number of benzene rings is 2. The molecule has 0 aliphatic rings. The van der Waals surface area contributed by atoms with Crippen molar-refractivity contribution in [3.05, 3.63) is 70.0 Å². The van der Waals surface area contributed by atoms with Crippen LogP contribution >= 0.6 is 15.9 Å². The zero-order chi connectivity index (χ0) is 14.5. The number of hydrogen-bond donors (Lipinski definition) is 0. The molecule has 0 fully saturated rings.